The van der Waals surface area contributed by atoms with Crippen molar-refractivity contribution in [3.05, 3.63) is 42.5 Å². The van der Waals surface area contributed by atoms with Gasteiger partial charge in [-0.2, -0.15) is 0 Å². The van der Waals surface area contributed by atoms with E-state index >= 15 is 0 Å². The van der Waals surface area contributed by atoms with Crippen molar-refractivity contribution in [1.29, 1.82) is 0 Å². The van der Waals surface area contributed by atoms with Crippen molar-refractivity contribution in [3.63, 3.8) is 0 Å². The van der Waals surface area contributed by atoms with E-state index in [9.17, 15) is 0 Å². The normalized spacial score (nSPS) is 11.8. The van der Waals surface area contributed by atoms with Gasteiger partial charge in [0.1, 0.15) is 0 Å². The molecule has 1 N–H and O–H groups in total. The van der Waals surface area contributed by atoms with Gasteiger partial charge >= 0.3 is 7.12 Å². The van der Waals surface area contributed by atoms with Crippen LogP contribution in [0.4, 0.5) is 0 Å². The Kier molecular flexibility index (Phi) is 5.40. The Morgan fingerprint density at radius 2 is 1.71 bits per heavy atom. The molecule has 0 aliphatic carbocycles. The number of aliphatic hydroxyl groups excluding tert-OH is 1. The maximum Gasteiger partial charge on any atom is 0.494 e. The summed E-state index contributed by atoms with van der Waals surface area (Å²) in [5.74, 6) is 0. The van der Waals surface area contributed by atoms with Crippen molar-refractivity contribution in [3.8, 4) is 0 Å². The average molecular weight is 286 g/mol. The second kappa shape index (κ2) is 7.07. The van der Waals surface area contributed by atoms with Gasteiger partial charge in [-0.25, -0.2) is 0 Å². The third-order valence-corrected chi connectivity index (χ3v) is 3.11. The number of hydrogen-bond acceptors (Lipinski definition) is 3. The van der Waals surface area contributed by atoms with E-state index in [0.29, 0.717) is 6.61 Å². The molecule has 0 radical (unpaired) electrons. The summed E-state index contributed by atoms with van der Waals surface area (Å²) in [6.45, 7) is 7.21. The summed E-state index contributed by atoms with van der Waals surface area (Å²) in [7, 11) is -0.456. The standard InChI is InChI=1S/C17H23BO3/c1-17(2,3)13-21-18(20-12-11-19)16-10-6-8-14-7-4-5-9-15(14)16/h4-10,19H,11-13H2,1-3H3. The third-order valence-electron chi connectivity index (χ3n) is 3.11. The third kappa shape index (κ3) is 4.56. The lowest BCUT2D eigenvalue weighted by Crippen LogP contribution is -2.40. The van der Waals surface area contributed by atoms with Crippen molar-refractivity contribution >= 4 is 23.4 Å². The minimum atomic E-state index is -0.456. The molecule has 0 aromatic heterocycles. The molecule has 0 spiro atoms. The van der Waals surface area contributed by atoms with E-state index in [1.807, 2.05) is 24.3 Å². The highest BCUT2D eigenvalue weighted by molar-refractivity contribution is 6.64. The molecule has 0 atom stereocenters. The summed E-state index contributed by atoms with van der Waals surface area (Å²) in [6.07, 6.45) is 0. The summed E-state index contributed by atoms with van der Waals surface area (Å²) in [5, 5.41) is 11.3. The van der Waals surface area contributed by atoms with Crippen LogP contribution >= 0.6 is 0 Å². The van der Waals surface area contributed by atoms with E-state index in [1.165, 1.54) is 0 Å². The largest absolute Gasteiger partial charge is 0.494 e. The first kappa shape index (κ1) is 16.0. The number of fused-ring (bicyclic) bond motifs is 1. The Balaban J connectivity index is 2.29. The van der Waals surface area contributed by atoms with Crippen LogP contribution in [0.3, 0.4) is 0 Å². The lowest BCUT2D eigenvalue weighted by Gasteiger charge is -2.23. The molecule has 0 heterocycles. The minimum Gasteiger partial charge on any atom is -0.407 e. The number of aliphatic hydroxyl groups is 1. The number of hydrogen-bond donors (Lipinski definition) is 1. The van der Waals surface area contributed by atoms with Crippen LogP contribution in [-0.4, -0.2) is 32.0 Å². The number of benzene rings is 2. The molecule has 0 saturated heterocycles. The summed E-state index contributed by atoms with van der Waals surface area (Å²) in [5.41, 5.74) is 1.07. The molecule has 0 unspecified atom stereocenters. The highest BCUT2D eigenvalue weighted by Gasteiger charge is 2.25. The summed E-state index contributed by atoms with van der Waals surface area (Å²) >= 11 is 0. The van der Waals surface area contributed by atoms with Gasteiger partial charge in [-0.1, -0.05) is 63.2 Å². The van der Waals surface area contributed by atoms with Crippen LogP contribution in [0, 0.1) is 5.41 Å². The van der Waals surface area contributed by atoms with E-state index in [2.05, 4.69) is 39.0 Å². The highest BCUT2D eigenvalue weighted by Crippen LogP contribution is 2.16. The maximum absolute atomic E-state index is 9.02. The first-order valence-electron chi connectivity index (χ1n) is 7.33. The predicted octanol–water partition coefficient (Wildman–Crippen LogP) is 2.61. The maximum atomic E-state index is 9.02. The highest BCUT2D eigenvalue weighted by atomic mass is 16.6. The molecule has 0 bridgehead atoms. The molecule has 0 fully saturated rings. The molecule has 0 saturated carbocycles. The molecule has 0 aliphatic heterocycles. The van der Waals surface area contributed by atoms with Crippen molar-refractivity contribution in [2.75, 3.05) is 19.8 Å². The first-order valence-corrected chi connectivity index (χ1v) is 7.33. The van der Waals surface area contributed by atoms with Crippen LogP contribution in [0.5, 0.6) is 0 Å². The van der Waals surface area contributed by atoms with Crippen LogP contribution < -0.4 is 5.46 Å². The summed E-state index contributed by atoms with van der Waals surface area (Å²) in [6, 6.07) is 14.3. The second-order valence-corrected chi connectivity index (χ2v) is 6.37. The van der Waals surface area contributed by atoms with Gasteiger partial charge in [0.05, 0.1) is 13.2 Å². The van der Waals surface area contributed by atoms with Gasteiger partial charge in [-0.3, -0.25) is 0 Å². The smallest absolute Gasteiger partial charge is 0.407 e. The van der Waals surface area contributed by atoms with Crippen LogP contribution in [0.15, 0.2) is 42.5 Å². The van der Waals surface area contributed by atoms with Crippen LogP contribution in [0.25, 0.3) is 10.8 Å². The average Bonchev–Trinajstić information content (AvgIpc) is 2.46. The van der Waals surface area contributed by atoms with Gasteiger partial charge in [-0.05, 0) is 21.7 Å². The summed E-state index contributed by atoms with van der Waals surface area (Å²) < 4.78 is 11.7. The zero-order valence-electron chi connectivity index (χ0n) is 13.0. The monoisotopic (exact) mass is 286 g/mol. The fourth-order valence-corrected chi connectivity index (χ4v) is 2.17. The van der Waals surface area contributed by atoms with Gasteiger partial charge < -0.3 is 14.4 Å². The van der Waals surface area contributed by atoms with Gasteiger partial charge in [0.15, 0.2) is 0 Å². The molecule has 2 aromatic rings. The molecule has 0 aliphatic rings. The van der Waals surface area contributed by atoms with E-state index in [1.54, 1.807) is 0 Å². The predicted molar refractivity (Wildman–Crippen MR) is 87.8 cm³/mol. The Hall–Kier alpha value is -1.36. The van der Waals surface area contributed by atoms with E-state index in [0.717, 1.165) is 16.2 Å². The Morgan fingerprint density at radius 3 is 2.43 bits per heavy atom. The van der Waals surface area contributed by atoms with Crippen molar-refractivity contribution < 1.29 is 14.4 Å². The zero-order valence-corrected chi connectivity index (χ0v) is 13.0. The van der Waals surface area contributed by atoms with E-state index in [4.69, 9.17) is 14.4 Å². The van der Waals surface area contributed by atoms with Crippen LogP contribution in [-0.2, 0) is 9.31 Å². The van der Waals surface area contributed by atoms with E-state index in [-0.39, 0.29) is 18.6 Å². The van der Waals surface area contributed by atoms with Gasteiger partial charge in [-0.15, -0.1) is 0 Å². The molecule has 3 nitrogen and oxygen atoms in total. The summed E-state index contributed by atoms with van der Waals surface area (Å²) in [4.78, 5) is 0. The SMILES string of the molecule is CC(C)(C)COB(OCCO)c1cccc2ccccc12. The van der Waals surface area contributed by atoms with E-state index < -0.39 is 7.12 Å². The molecule has 21 heavy (non-hydrogen) atoms. The fourth-order valence-electron chi connectivity index (χ4n) is 2.17. The lowest BCUT2D eigenvalue weighted by atomic mass is 9.75. The van der Waals surface area contributed by atoms with Gasteiger partial charge in [0, 0.05) is 6.61 Å². The Morgan fingerprint density at radius 1 is 1.00 bits per heavy atom. The van der Waals surface area contributed by atoms with Gasteiger partial charge in [0.25, 0.3) is 0 Å². The van der Waals surface area contributed by atoms with Gasteiger partial charge in [0.2, 0.25) is 0 Å². The molecule has 4 heteroatoms. The fraction of sp³-hybridized carbons (Fsp3) is 0.412. The van der Waals surface area contributed by atoms with Crippen molar-refractivity contribution in [2.45, 2.75) is 20.8 Å². The zero-order chi connectivity index (χ0) is 15.3. The molecule has 2 aromatic carbocycles. The molecular weight excluding hydrogens is 263 g/mol. The molecule has 2 rings (SSSR count). The van der Waals surface area contributed by atoms with Crippen molar-refractivity contribution in [2.24, 2.45) is 5.41 Å². The topological polar surface area (TPSA) is 38.7 Å². The second-order valence-electron chi connectivity index (χ2n) is 6.37. The van der Waals surface area contributed by atoms with Crippen molar-refractivity contribution in [1.82, 2.24) is 0 Å². The molecule has 0 amide bonds. The quantitative estimate of drug-likeness (QED) is 0.830. The minimum absolute atomic E-state index is 0.0137. The lowest BCUT2D eigenvalue weighted by molar-refractivity contribution is 0.129. The molecule has 112 valence electrons. The Bertz CT molecular complexity index is 572. The molecular formula is C17H23BO3. The first-order chi connectivity index (χ1) is 10.0. The van der Waals surface area contributed by atoms with Crippen LogP contribution in [0.2, 0.25) is 0 Å². The number of rotatable bonds is 6. The van der Waals surface area contributed by atoms with Crippen LogP contribution in [0.1, 0.15) is 20.8 Å². The Labute approximate surface area is 127 Å².